The van der Waals surface area contributed by atoms with Crippen LogP contribution in [0.5, 0.6) is 0 Å². The van der Waals surface area contributed by atoms with Crippen LogP contribution < -0.4 is 5.46 Å². The van der Waals surface area contributed by atoms with Crippen LogP contribution in [0.15, 0.2) is 12.3 Å². The summed E-state index contributed by atoms with van der Waals surface area (Å²) in [6.07, 6.45) is 2.85. The first-order valence-electron chi connectivity index (χ1n) is 6.52. The molecule has 0 saturated carbocycles. The smallest absolute Gasteiger partial charge is 0.399 e. The number of carbonyl (C=O) groups is 1. The number of nitrogens with zero attached hydrogens (tertiary/aromatic N) is 1. The fourth-order valence-electron chi connectivity index (χ4n) is 2.15. The molecule has 0 aliphatic carbocycles. The zero-order valence-corrected chi connectivity index (χ0v) is 12.2. The Kier molecular flexibility index (Phi) is 3.54. The van der Waals surface area contributed by atoms with Gasteiger partial charge in [0, 0.05) is 23.8 Å². The molecule has 2 heterocycles. The number of aldehydes is 1. The molecule has 0 N–H and O–H groups in total. The number of aryl methyl sites for hydroxylation is 1. The first-order chi connectivity index (χ1) is 8.78. The zero-order chi connectivity index (χ0) is 14.3. The van der Waals surface area contributed by atoms with Gasteiger partial charge in [0.05, 0.1) is 11.2 Å². The Morgan fingerprint density at radius 3 is 2.37 bits per heavy atom. The van der Waals surface area contributed by atoms with Gasteiger partial charge in [0.15, 0.2) is 0 Å². The second-order valence-electron chi connectivity index (χ2n) is 5.95. The van der Waals surface area contributed by atoms with Crippen LogP contribution in [0.1, 0.15) is 39.0 Å². The van der Waals surface area contributed by atoms with Crippen molar-refractivity contribution in [2.75, 3.05) is 0 Å². The van der Waals surface area contributed by atoms with E-state index in [4.69, 9.17) is 9.31 Å². The van der Waals surface area contributed by atoms with Crippen molar-refractivity contribution in [2.45, 2.75) is 52.2 Å². The van der Waals surface area contributed by atoms with Crippen molar-refractivity contribution in [2.24, 2.45) is 0 Å². The van der Waals surface area contributed by atoms with E-state index in [0.29, 0.717) is 0 Å². The molecular formula is C14H20BNO3. The molecule has 1 fully saturated rings. The van der Waals surface area contributed by atoms with Crippen LogP contribution in [-0.2, 0) is 20.5 Å². The van der Waals surface area contributed by atoms with E-state index in [2.05, 4.69) is 4.98 Å². The van der Waals surface area contributed by atoms with Crippen molar-refractivity contribution in [1.82, 2.24) is 4.98 Å². The van der Waals surface area contributed by atoms with Gasteiger partial charge in [0.2, 0.25) is 0 Å². The second-order valence-corrected chi connectivity index (χ2v) is 5.95. The molecule has 2 rings (SSSR count). The van der Waals surface area contributed by atoms with Crippen LogP contribution in [0.4, 0.5) is 0 Å². The number of aromatic nitrogens is 1. The molecule has 0 atom stereocenters. The molecule has 1 aliphatic heterocycles. The molecule has 102 valence electrons. The van der Waals surface area contributed by atoms with Crippen molar-refractivity contribution in [3.63, 3.8) is 0 Å². The largest absolute Gasteiger partial charge is 0.497 e. The number of hydrogen-bond donors (Lipinski definition) is 0. The minimum Gasteiger partial charge on any atom is -0.399 e. The Morgan fingerprint density at radius 2 is 1.84 bits per heavy atom. The highest BCUT2D eigenvalue weighted by Crippen LogP contribution is 2.36. The lowest BCUT2D eigenvalue weighted by Crippen LogP contribution is -2.41. The summed E-state index contributed by atoms with van der Waals surface area (Å²) >= 11 is 0. The monoisotopic (exact) mass is 261 g/mol. The predicted molar refractivity (Wildman–Crippen MR) is 74.5 cm³/mol. The number of rotatable bonds is 3. The summed E-state index contributed by atoms with van der Waals surface area (Å²) < 4.78 is 12.1. The van der Waals surface area contributed by atoms with Crippen LogP contribution in [0.25, 0.3) is 0 Å². The Hall–Kier alpha value is -1.20. The van der Waals surface area contributed by atoms with Crippen molar-refractivity contribution in [1.29, 1.82) is 0 Å². The molecule has 1 aromatic heterocycles. The molecule has 0 amide bonds. The van der Waals surface area contributed by atoms with Gasteiger partial charge in [-0.25, -0.2) is 0 Å². The predicted octanol–water partition coefficient (Wildman–Crippen LogP) is 1.43. The maximum Gasteiger partial charge on any atom is 0.497 e. The summed E-state index contributed by atoms with van der Waals surface area (Å²) in [4.78, 5) is 15.1. The van der Waals surface area contributed by atoms with Crippen molar-refractivity contribution >= 4 is 18.9 Å². The van der Waals surface area contributed by atoms with E-state index in [1.165, 1.54) is 0 Å². The third kappa shape index (κ3) is 2.45. The third-order valence-electron chi connectivity index (χ3n) is 4.06. The molecule has 4 nitrogen and oxygen atoms in total. The maximum atomic E-state index is 10.8. The number of pyridine rings is 1. The minimum atomic E-state index is -0.464. The fraction of sp³-hybridized carbons (Fsp3) is 0.571. The molecule has 5 heteroatoms. The Labute approximate surface area is 114 Å². The summed E-state index contributed by atoms with van der Waals surface area (Å²) in [5.74, 6) is 0. The zero-order valence-electron chi connectivity index (χ0n) is 12.2. The molecule has 0 unspecified atom stereocenters. The van der Waals surface area contributed by atoms with Crippen molar-refractivity contribution in [3.05, 3.63) is 23.5 Å². The lowest BCUT2D eigenvalue weighted by Gasteiger charge is -2.32. The molecule has 0 aromatic carbocycles. The van der Waals surface area contributed by atoms with E-state index >= 15 is 0 Å². The summed E-state index contributed by atoms with van der Waals surface area (Å²) in [7, 11) is -0.464. The quantitative estimate of drug-likeness (QED) is 0.610. The molecule has 1 saturated heterocycles. The van der Waals surface area contributed by atoms with Crippen molar-refractivity contribution < 1.29 is 14.1 Å². The van der Waals surface area contributed by atoms with Gasteiger partial charge in [-0.05, 0) is 46.2 Å². The Bertz CT molecular complexity index is 483. The molecule has 19 heavy (non-hydrogen) atoms. The second kappa shape index (κ2) is 4.73. The molecule has 1 aliphatic rings. The Morgan fingerprint density at radius 1 is 1.26 bits per heavy atom. The van der Waals surface area contributed by atoms with Gasteiger partial charge in [-0.2, -0.15) is 0 Å². The van der Waals surface area contributed by atoms with Gasteiger partial charge in [-0.15, -0.1) is 0 Å². The van der Waals surface area contributed by atoms with E-state index in [-0.39, 0.29) is 6.42 Å². The summed E-state index contributed by atoms with van der Waals surface area (Å²) in [5.41, 5.74) is 1.86. The van der Waals surface area contributed by atoms with E-state index in [1.54, 1.807) is 6.20 Å². The normalized spacial score (nSPS) is 20.6. The van der Waals surface area contributed by atoms with E-state index in [1.807, 2.05) is 40.7 Å². The highest BCUT2D eigenvalue weighted by Gasteiger charge is 2.52. The Balaban J connectivity index is 2.41. The molecule has 0 bridgehead atoms. The topological polar surface area (TPSA) is 48.4 Å². The molecule has 0 spiro atoms. The third-order valence-corrected chi connectivity index (χ3v) is 4.06. The van der Waals surface area contributed by atoms with Crippen LogP contribution in [0.2, 0.25) is 0 Å². The molecular weight excluding hydrogens is 241 g/mol. The first-order valence-corrected chi connectivity index (χ1v) is 6.52. The average Bonchev–Trinajstić information content (AvgIpc) is 2.48. The van der Waals surface area contributed by atoms with Gasteiger partial charge >= 0.3 is 7.12 Å². The number of carbonyl (C=O) groups excluding carboxylic acids is 1. The van der Waals surface area contributed by atoms with E-state index in [9.17, 15) is 4.79 Å². The highest BCUT2D eigenvalue weighted by molar-refractivity contribution is 6.63. The van der Waals surface area contributed by atoms with Gasteiger partial charge < -0.3 is 14.1 Å². The van der Waals surface area contributed by atoms with Gasteiger partial charge in [0.1, 0.15) is 6.29 Å². The lowest BCUT2D eigenvalue weighted by molar-refractivity contribution is -0.107. The van der Waals surface area contributed by atoms with Gasteiger partial charge in [-0.3, -0.25) is 4.98 Å². The lowest BCUT2D eigenvalue weighted by atomic mass is 9.74. The average molecular weight is 261 g/mol. The standard InChI is InChI=1S/C14H20BNO3/c1-10-6-8-16-11(7-9-17)12(10)15-18-13(2,3)14(4,5)19-15/h6,8-9H,7H2,1-5H3. The highest BCUT2D eigenvalue weighted by atomic mass is 16.7. The van der Waals surface area contributed by atoms with Crippen molar-refractivity contribution in [3.8, 4) is 0 Å². The summed E-state index contributed by atoms with van der Waals surface area (Å²) in [6, 6.07) is 1.91. The minimum absolute atomic E-state index is 0.279. The van der Waals surface area contributed by atoms with Crippen LogP contribution in [0.3, 0.4) is 0 Å². The summed E-state index contributed by atoms with van der Waals surface area (Å²) in [5, 5.41) is 0. The molecule has 0 radical (unpaired) electrons. The summed E-state index contributed by atoms with van der Waals surface area (Å²) in [6.45, 7) is 10.0. The van der Waals surface area contributed by atoms with E-state index in [0.717, 1.165) is 23.0 Å². The van der Waals surface area contributed by atoms with Crippen LogP contribution >= 0.6 is 0 Å². The maximum absolute atomic E-state index is 10.8. The van der Waals surface area contributed by atoms with Crippen LogP contribution in [0, 0.1) is 6.92 Å². The SMILES string of the molecule is Cc1ccnc(CC=O)c1B1OC(C)(C)C(C)(C)O1. The van der Waals surface area contributed by atoms with Gasteiger partial charge in [0.25, 0.3) is 0 Å². The number of hydrogen-bond acceptors (Lipinski definition) is 4. The fourth-order valence-corrected chi connectivity index (χ4v) is 2.15. The van der Waals surface area contributed by atoms with E-state index < -0.39 is 18.3 Å². The van der Waals surface area contributed by atoms with Crippen LogP contribution in [-0.4, -0.2) is 29.6 Å². The molecule has 1 aromatic rings. The first kappa shape index (κ1) is 14.2. The van der Waals surface area contributed by atoms with Gasteiger partial charge in [-0.1, -0.05) is 0 Å².